The van der Waals surface area contributed by atoms with Crippen molar-refractivity contribution < 1.29 is 4.39 Å². The predicted molar refractivity (Wildman–Crippen MR) is 64.4 cm³/mol. The summed E-state index contributed by atoms with van der Waals surface area (Å²) in [6.45, 7) is 0. The standard InChI is InChI=1S/C11H9BrFNS/c12-8-6-7(3-4-9(8)13)11(14)10-2-1-5-15-10/h1-6,11H,14H2/t11-/m1/s1. The molecule has 0 bridgehead atoms. The van der Waals surface area contributed by atoms with Gasteiger partial charge in [-0.3, -0.25) is 0 Å². The van der Waals surface area contributed by atoms with Gasteiger partial charge in [-0.15, -0.1) is 11.3 Å². The van der Waals surface area contributed by atoms with Gasteiger partial charge in [-0.05, 0) is 45.1 Å². The van der Waals surface area contributed by atoms with Crippen molar-refractivity contribution in [3.8, 4) is 0 Å². The van der Waals surface area contributed by atoms with Crippen LogP contribution in [0.15, 0.2) is 40.2 Å². The largest absolute Gasteiger partial charge is 0.320 e. The lowest BCUT2D eigenvalue weighted by Gasteiger charge is -2.10. The molecule has 2 N–H and O–H groups in total. The topological polar surface area (TPSA) is 26.0 Å². The maximum absolute atomic E-state index is 13.0. The van der Waals surface area contributed by atoms with Gasteiger partial charge in [0.15, 0.2) is 0 Å². The Kier molecular flexibility index (Phi) is 3.19. The molecule has 2 aromatic rings. The van der Waals surface area contributed by atoms with Gasteiger partial charge >= 0.3 is 0 Å². The molecule has 0 amide bonds. The van der Waals surface area contributed by atoms with Crippen molar-refractivity contribution in [1.29, 1.82) is 0 Å². The first-order valence-corrected chi connectivity index (χ1v) is 6.09. The molecule has 0 saturated heterocycles. The Hall–Kier alpha value is -0.710. The normalized spacial score (nSPS) is 12.7. The highest BCUT2D eigenvalue weighted by Crippen LogP contribution is 2.26. The van der Waals surface area contributed by atoms with Crippen molar-refractivity contribution in [3.05, 3.63) is 56.4 Å². The molecule has 0 aliphatic carbocycles. The molecule has 0 unspecified atom stereocenters. The number of nitrogens with two attached hydrogens (primary N) is 1. The average molecular weight is 286 g/mol. The molecule has 1 aromatic heterocycles. The van der Waals surface area contributed by atoms with Gasteiger partial charge in [0.05, 0.1) is 10.5 Å². The van der Waals surface area contributed by atoms with Crippen LogP contribution in [0.3, 0.4) is 0 Å². The van der Waals surface area contributed by atoms with Crippen LogP contribution in [-0.4, -0.2) is 0 Å². The van der Waals surface area contributed by atoms with Crippen LogP contribution in [0.4, 0.5) is 4.39 Å². The molecule has 0 saturated carbocycles. The lowest BCUT2D eigenvalue weighted by molar-refractivity contribution is 0.619. The SMILES string of the molecule is N[C@H](c1ccc(F)c(Br)c1)c1cccs1. The van der Waals surface area contributed by atoms with E-state index >= 15 is 0 Å². The van der Waals surface area contributed by atoms with E-state index in [0.717, 1.165) is 10.4 Å². The summed E-state index contributed by atoms with van der Waals surface area (Å²) in [7, 11) is 0. The zero-order valence-electron chi connectivity index (χ0n) is 7.78. The van der Waals surface area contributed by atoms with Crippen LogP contribution in [0.1, 0.15) is 16.5 Å². The van der Waals surface area contributed by atoms with Crippen LogP contribution in [0.5, 0.6) is 0 Å². The van der Waals surface area contributed by atoms with E-state index in [2.05, 4.69) is 15.9 Å². The molecule has 2 rings (SSSR count). The van der Waals surface area contributed by atoms with Gasteiger partial charge in [0.2, 0.25) is 0 Å². The van der Waals surface area contributed by atoms with Crippen molar-refractivity contribution in [2.45, 2.75) is 6.04 Å². The molecule has 0 radical (unpaired) electrons. The van der Waals surface area contributed by atoms with E-state index < -0.39 is 0 Å². The minimum absolute atomic E-state index is 0.179. The highest BCUT2D eigenvalue weighted by Gasteiger charge is 2.11. The minimum atomic E-state index is -0.267. The summed E-state index contributed by atoms with van der Waals surface area (Å²) in [5.41, 5.74) is 6.95. The second kappa shape index (κ2) is 4.43. The molecule has 4 heteroatoms. The summed E-state index contributed by atoms with van der Waals surface area (Å²) in [6, 6.07) is 8.61. The molecular formula is C11H9BrFNS. The number of benzene rings is 1. The van der Waals surface area contributed by atoms with Crippen LogP contribution >= 0.6 is 27.3 Å². The average Bonchev–Trinajstić information content (AvgIpc) is 2.74. The van der Waals surface area contributed by atoms with Crippen molar-refractivity contribution >= 4 is 27.3 Å². The van der Waals surface area contributed by atoms with E-state index in [1.165, 1.54) is 6.07 Å². The van der Waals surface area contributed by atoms with Crippen molar-refractivity contribution in [1.82, 2.24) is 0 Å². The molecule has 1 nitrogen and oxygen atoms in total. The van der Waals surface area contributed by atoms with Crippen LogP contribution in [0.25, 0.3) is 0 Å². The van der Waals surface area contributed by atoms with E-state index in [9.17, 15) is 4.39 Å². The van der Waals surface area contributed by atoms with Gasteiger partial charge in [-0.2, -0.15) is 0 Å². The van der Waals surface area contributed by atoms with Gasteiger partial charge in [0, 0.05) is 4.88 Å². The molecule has 1 aromatic carbocycles. The fourth-order valence-electron chi connectivity index (χ4n) is 1.34. The van der Waals surface area contributed by atoms with Crippen LogP contribution in [0.2, 0.25) is 0 Å². The van der Waals surface area contributed by atoms with E-state index in [-0.39, 0.29) is 11.9 Å². The minimum Gasteiger partial charge on any atom is -0.320 e. The van der Waals surface area contributed by atoms with Crippen LogP contribution in [0, 0.1) is 5.82 Å². The zero-order chi connectivity index (χ0) is 10.8. The Bertz CT molecular complexity index is 456. The Labute approximate surface area is 99.9 Å². The first kappa shape index (κ1) is 10.8. The van der Waals surface area contributed by atoms with E-state index in [4.69, 9.17) is 5.73 Å². The van der Waals surface area contributed by atoms with E-state index in [0.29, 0.717) is 4.47 Å². The summed E-state index contributed by atoms with van der Waals surface area (Å²) in [5.74, 6) is -0.267. The molecule has 15 heavy (non-hydrogen) atoms. The number of thiophene rings is 1. The molecule has 1 heterocycles. The van der Waals surface area contributed by atoms with Gasteiger partial charge in [-0.1, -0.05) is 12.1 Å². The molecule has 0 fully saturated rings. The van der Waals surface area contributed by atoms with Crippen LogP contribution in [-0.2, 0) is 0 Å². The first-order valence-electron chi connectivity index (χ1n) is 4.42. The fourth-order valence-corrected chi connectivity index (χ4v) is 2.49. The Balaban J connectivity index is 2.34. The quantitative estimate of drug-likeness (QED) is 0.895. The molecule has 0 aliphatic heterocycles. The van der Waals surface area contributed by atoms with Gasteiger partial charge in [0.25, 0.3) is 0 Å². The number of hydrogen-bond donors (Lipinski definition) is 1. The molecule has 78 valence electrons. The maximum atomic E-state index is 13.0. The summed E-state index contributed by atoms with van der Waals surface area (Å²) < 4.78 is 13.5. The third kappa shape index (κ3) is 2.27. The lowest BCUT2D eigenvalue weighted by atomic mass is 10.1. The summed E-state index contributed by atoms with van der Waals surface area (Å²) in [6.07, 6.45) is 0. The van der Waals surface area contributed by atoms with Gasteiger partial charge in [0.1, 0.15) is 5.82 Å². The fraction of sp³-hybridized carbons (Fsp3) is 0.0909. The van der Waals surface area contributed by atoms with Crippen LogP contribution < -0.4 is 5.73 Å². The molecule has 0 spiro atoms. The monoisotopic (exact) mass is 285 g/mol. The highest BCUT2D eigenvalue weighted by molar-refractivity contribution is 9.10. The summed E-state index contributed by atoms with van der Waals surface area (Å²) in [4.78, 5) is 1.08. The van der Waals surface area contributed by atoms with Crippen molar-refractivity contribution in [2.75, 3.05) is 0 Å². The third-order valence-corrected chi connectivity index (χ3v) is 3.72. The summed E-state index contributed by atoms with van der Waals surface area (Å²) in [5, 5.41) is 1.98. The number of halogens is 2. The highest BCUT2D eigenvalue weighted by atomic mass is 79.9. The number of hydrogen-bond acceptors (Lipinski definition) is 2. The van der Waals surface area contributed by atoms with E-state index in [1.54, 1.807) is 23.5 Å². The Morgan fingerprint density at radius 3 is 2.73 bits per heavy atom. The molecule has 0 aliphatic rings. The molecular weight excluding hydrogens is 277 g/mol. The van der Waals surface area contributed by atoms with Gasteiger partial charge < -0.3 is 5.73 Å². The Morgan fingerprint density at radius 1 is 1.33 bits per heavy atom. The second-order valence-corrected chi connectivity index (χ2v) is 5.00. The van der Waals surface area contributed by atoms with E-state index in [1.807, 2.05) is 17.5 Å². The van der Waals surface area contributed by atoms with Crippen molar-refractivity contribution in [3.63, 3.8) is 0 Å². The maximum Gasteiger partial charge on any atom is 0.137 e. The Morgan fingerprint density at radius 2 is 2.13 bits per heavy atom. The number of rotatable bonds is 2. The van der Waals surface area contributed by atoms with Crippen molar-refractivity contribution in [2.24, 2.45) is 5.73 Å². The molecule has 1 atom stereocenters. The predicted octanol–water partition coefficient (Wildman–Crippen LogP) is 3.70. The van der Waals surface area contributed by atoms with Gasteiger partial charge in [-0.25, -0.2) is 4.39 Å². The zero-order valence-corrected chi connectivity index (χ0v) is 10.2. The second-order valence-electron chi connectivity index (χ2n) is 3.17. The summed E-state index contributed by atoms with van der Waals surface area (Å²) >= 11 is 4.75. The third-order valence-electron chi connectivity index (χ3n) is 2.15. The first-order chi connectivity index (χ1) is 7.18. The lowest BCUT2D eigenvalue weighted by Crippen LogP contribution is -2.10. The smallest absolute Gasteiger partial charge is 0.137 e.